The summed E-state index contributed by atoms with van der Waals surface area (Å²) in [5, 5.41) is 9.40. The Kier molecular flexibility index (Phi) is 9.96. The zero-order valence-corrected chi connectivity index (χ0v) is 29.1. The molecule has 0 aromatic heterocycles. The smallest absolute Gasteiger partial charge is 0.410 e. The number of carboxylic acid groups (broad SMARTS) is 1. The topological polar surface area (TPSA) is 163 Å². The van der Waals surface area contributed by atoms with Crippen molar-refractivity contribution >= 4 is 35.9 Å². The van der Waals surface area contributed by atoms with Crippen LogP contribution in [0.25, 0.3) is 0 Å². The standard InChI is InChI=1S/C19H21FN2O5.C18H19FN2O5/c1-26-18(24)15-8-16(14-6-3-7-17(23)22(14)15)27-19(25)21-9-11-4-2-5-13(20)12(11)10-21;19-12-4-1-3-10-8-20(9-11(10)12)18(25)26-15-7-14(17(23)24)21-13(15)5-2-6-16(21)22/h2,4-5,14-16H,3,6-10H2,1H3;1,3-4,13-15H,2,5-9H2,(H,23,24)/t14-,15+,16-;13-,14+,15-/m11/s1. The van der Waals surface area contributed by atoms with Gasteiger partial charge in [-0.2, -0.15) is 0 Å². The number of hydrogen-bond donors (Lipinski definition) is 1. The van der Waals surface area contributed by atoms with E-state index in [2.05, 4.69) is 0 Å². The summed E-state index contributed by atoms with van der Waals surface area (Å²) in [6, 6.07) is 7.10. The Morgan fingerprint density at radius 2 is 1.15 bits per heavy atom. The average molecular weight is 739 g/mol. The van der Waals surface area contributed by atoms with Gasteiger partial charge in [0.15, 0.2) is 0 Å². The number of piperidine rings is 2. The Balaban J connectivity index is 0.000000164. The van der Waals surface area contributed by atoms with Crippen molar-refractivity contribution in [3.05, 3.63) is 70.3 Å². The van der Waals surface area contributed by atoms with E-state index in [0.717, 1.165) is 11.1 Å². The number of rotatable bonds is 4. The molecule has 0 unspecified atom stereocenters. The first-order valence-electron chi connectivity index (χ1n) is 17.8. The van der Waals surface area contributed by atoms with Gasteiger partial charge in [-0.05, 0) is 48.9 Å². The average Bonchev–Trinajstić information content (AvgIpc) is 3.93. The van der Waals surface area contributed by atoms with Gasteiger partial charge in [-0.1, -0.05) is 24.3 Å². The summed E-state index contributed by atoms with van der Waals surface area (Å²) in [4.78, 5) is 78.9. The number of fused-ring (bicyclic) bond motifs is 4. The van der Waals surface area contributed by atoms with Crippen molar-refractivity contribution in [2.45, 2.75) is 114 Å². The molecule has 6 heterocycles. The molecular formula is C37H40F2N4O10. The van der Waals surface area contributed by atoms with Gasteiger partial charge < -0.3 is 29.1 Å². The number of amides is 4. The van der Waals surface area contributed by atoms with E-state index < -0.39 is 54.5 Å². The molecule has 6 atom stereocenters. The summed E-state index contributed by atoms with van der Waals surface area (Å²) < 4.78 is 43.8. The molecule has 2 aromatic rings. The van der Waals surface area contributed by atoms with E-state index in [1.807, 2.05) is 0 Å². The van der Waals surface area contributed by atoms with Gasteiger partial charge in [0.2, 0.25) is 11.8 Å². The van der Waals surface area contributed by atoms with Crippen LogP contribution in [0.3, 0.4) is 0 Å². The summed E-state index contributed by atoms with van der Waals surface area (Å²) in [6.45, 7) is 0.825. The van der Waals surface area contributed by atoms with Crippen LogP contribution in [0, 0.1) is 11.6 Å². The molecule has 0 radical (unpaired) electrons. The molecule has 6 aliphatic rings. The van der Waals surface area contributed by atoms with Gasteiger partial charge in [-0.25, -0.2) is 28.0 Å². The van der Waals surface area contributed by atoms with E-state index in [1.165, 1.54) is 38.8 Å². The second kappa shape index (κ2) is 14.6. The summed E-state index contributed by atoms with van der Waals surface area (Å²) in [7, 11) is 1.28. The van der Waals surface area contributed by atoms with E-state index in [-0.39, 0.29) is 68.5 Å². The van der Waals surface area contributed by atoms with Crippen molar-refractivity contribution < 1.29 is 56.9 Å². The molecule has 282 valence electrons. The van der Waals surface area contributed by atoms with Crippen LogP contribution in [0.1, 0.15) is 73.6 Å². The van der Waals surface area contributed by atoms with Crippen molar-refractivity contribution in [3.8, 4) is 0 Å². The molecule has 1 N–H and O–H groups in total. The molecule has 4 fully saturated rings. The molecule has 8 rings (SSSR count). The lowest BCUT2D eigenvalue weighted by atomic mass is 10.0. The first-order chi connectivity index (χ1) is 25.4. The second-order valence-corrected chi connectivity index (χ2v) is 14.2. The van der Waals surface area contributed by atoms with E-state index in [1.54, 1.807) is 24.3 Å². The third-order valence-electron chi connectivity index (χ3n) is 11.1. The number of carboxylic acids is 1. The molecule has 0 spiro atoms. The van der Waals surface area contributed by atoms with E-state index in [9.17, 15) is 42.7 Å². The van der Waals surface area contributed by atoms with Crippen molar-refractivity contribution in [1.82, 2.24) is 19.6 Å². The predicted molar refractivity (Wildman–Crippen MR) is 177 cm³/mol. The van der Waals surface area contributed by atoms with E-state index in [4.69, 9.17) is 14.2 Å². The van der Waals surface area contributed by atoms with Crippen LogP contribution >= 0.6 is 0 Å². The third-order valence-corrected chi connectivity index (χ3v) is 11.1. The van der Waals surface area contributed by atoms with Crippen molar-refractivity contribution in [3.63, 3.8) is 0 Å². The van der Waals surface area contributed by atoms with Crippen LogP contribution in [0.4, 0.5) is 18.4 Å². The fraction of sp³-hybridized carbons (Fsp3) is 0.514. The highest BCUT2D eigenvalue weighted by Crippen LogP contribution is 2.37. The van der Waals surface area contributed by atoms with Crippen LogP contribution < -0.4 is 0 Å². The molecule has 16 heteroatoms. The molecule has 0 bridgehead atoms. The molecule has 53 heavy (non-hydrogen) atoms. The van der Waals surface area contributed by atoms with Gasteiger partial charge in [0.25, 0.3) is 0 Å². The van der Waals surface area contributed by atoms with Gasteiger partial charge in [-0.15, -0.1) is 0 Å². The lowest BCUT2D eigenvalue weighted by molar-refractivity contribution is -0.153. The number of hydrogen-bond acceptors (Lipinski definition) is 9. The maximum Gasteiger partial charge on any atom is 0.410 e. The quantitative estimate of drug-likeness (QED) is 0.360. The minimum atomic E-state index is -1.08. The Labute approximate surface area is 303 Å². The zero-order valence-electron chi connectivity index (χ0n) is 29.1. The molecule has 4 amide bonds. The summed E-state index contributed by atoms with van der Waals surface area (Å²) >= 11 is 0. The number of nitrogens with zero attached hydrogens (tertiary/aromatic N) is 4. The van der Waals surface area contributed by atoms with Crippen LogP contribution in [0.2, 0.25) is 0 Å². The van der Waals surface area contributed by atoms with Crippen LogP contribution in [0.15, 0.2) is 36.4 Å². The zero-order chi connectivity index (χ0) is 37.6. The van der Waals surface area contributed by atoms with Gasteiger partial charge >= 0.3 is 24.1 Å². The van der Waals surface area contributed by atoms with Gasteiger partial charge in [0, 0.05) is 49.9 Å². The fourth-order valence-electron chi connectivity index (χ4n) is 8.60. The summed E-state index contributed by atoms with van der Waals surface area (Å²) in [5.74, 6) is -2.59. The lowest BCUT2D eigenvalue weighted by Gasteiger charge is -2.34. The third kappa shape index (κ3) is 6.86. The minimum absolute atomic E-state index is 0.0899. The summed E-state index contributed by atoms with van der Waals surface area (Å²) in [6.07, 6.45) is 1.27. The van der Waals surface area contributed by atoms with Gasteiger partial charge in [-0.3, -0.25) is 19.4 Å². The van der Waals surface area contributed by atoms with Crippen molar-refractivity contribution in [2.24, 2.45) is 0 Å². The van der Waals surface area contributed by atoms with Crippen LogP contribution in [-0.4, -0.2) is 104 Å². The number of esters is 1. The molecule has 4 saturated heterocycles. The minimum Gasteiger partial charge on any atom is -0.480 e. The Morgan fingerprint density at radius 3 is 1.58 bits per heavy atom. The normalized spacial score (nSPS) is 26.9. The van der Waals surface area contributed by atoms with Gasteiger partial charge in [0.05, 0.1) is 32.3 Å². The van der Waals surface area contributed by atoms with E-state index >= 15 is 0 Å². The predicted octanol–water partition coefficient (Wildman–Crippen LogP) is 3.86. The van der Waals surface area contributed by atoms with E-state index in [0.29, 0.717) is 49.7 Å². The summed E-state index contributed by atoms with van der Waals surface area (Å²) in [5.41, 5.74) is 2.49. The largest absolute Gasteiger partial charge is 0.480 e. The Morgan fingerprint density at radius 1 is 0.698 bits per heavy atom. The van der Waals surface area contributed by atoms with Crippen molar-refractivity contribution in [1.29, 1.82) is 0 Å². The molecule has 6 aliphatic heterocycles. The van der Waals surface area contributed by atoms with Crippen LogP contribution in [-0.2, 0) is 59.6 Å². The number of carbonyl (C=O) groups excluding carboxylic acids is 5. The highest BCUT2D eigenvalue weighted by molar-refractivity contribution is 5.87. The van der Waals surface area contributed by atoms with Crippen LogP contribution in [0.5, 0.6) is 0 Å². The SMILES string of the molecule is COC(=O)[C@@H]1C[C@@H](OC(=O)N2Cc3cccc(F)c3C2)[C@H]2CCCC(=O)N21.O=C(O)[C@@H]1C[C@@H](OC(=O)N2Cc3cccc(F)c3C2)[C@H]2CCCC(=O)N21. The molecule has 0 saturated carbocycles. The molecular weight excluding hydrogens is 698 g/mol. The first-order valence-corrected chi connectivity index (χ1v) is 17.8. The lowest BCUT2D eigenvalue weighted by Crippen LogP contribution is -2.49. The number of ether oxygens (including phenoxy) is 3. The highest BCUT2D eigenvalue weighted by atomic mass is 19.1. The Hall–Kier alpha value is -5.28. The number of benzene rings is 2. The first kappa shape index (κ1) is 36.1. The monoisotopic (exact) mass is 738 g/mol. The maximum absolute atomic E-state index is 13.9. The Bertz CT molecular complexity index is 1840. The molecule has 14 nitrogen and oxygen atoms in total. The fourth-order valence-corrected chi connectivity index (χ4v) is 8.60. The number of halogens is 2. The van der Waals surface area contributed by atoms with Gasteiger partial charge in [0.1, 0.15) is 35.9 Å². The highest BCUT2D eigenvalue weighted by Gasteiger charge is 2.52. The van der Waals surface area contributed by atoms with Crippen molar-refractivity contribution in [2.75, 3.05) is 7.11 Å². The molecule has 0 aliphatic carbocycles. The second-order valence-electron chi connectivity index (χ2n) is 14.2. The maximum atomic E-state index is 13.9. The number of methoxy groups -OCH3 is 1. The number of carbonyl (C=O) groups is 6. The molecule has 2 aromatic carbocycles. The number of aliphatic carboxylic acids is 1.